The van der Waals surface area contributed by atoms with Gasteiger partial charge in [-0.15, -0.1) is 0 Å². The van der Waals surface area contributed by atoms with Crippen LogP contribution < -0.4 is 0 Å². The van der Waals surface area contributed by atoms with E-state index >= 15 is 0 Å². The zero-order chi connectivity index (χ0) is 25.7. The molecule has 0 radical (unpaired) electrons. The lowest BCUT2D eigenvalue weighted by atomic mass is 9.85. The smallest absolute Gasteiger partial charge is 0.00264 e. The van der Waals surface area contributed by atoms with Crippen molar-refractivity contribution in [3.63, 3.8) is 0 Å². The Balaban J connectivity index is 1.47. The molecule has 0 saturated heterocycles. The topological polar surface area (TPSA) is 0 Å². The predicted molar refractivity (Wildman–Crippen MR) is 166 cm³/mol. The monoisotopic (exact) mass is 490 g/mol. The zero-order valence-electron chi connectivity index (χ0n) is 22.2. The normalized spacial score (nSPS) is 11.3. The number of benzene rings is 6. The lowest BCUT2D eigenvalue weighted by Gasteiger charge is -2.18. The minimum atomic E-state index is 1.17. The van der Waals surface area contributed by atoms with Gasteiger partial charge in [0.25, 0.3) is 0 Å². The molecule has 0 amide bonds. The molecule has 0 bridgehead atoms. The Morgan fingerprint density at radius 1 is 0.368 bits per heavy atom. The molecular formula is C38H34. The van der Waals surface area contributed by atoms with E-state index in [0.717, 1.165) is 0 Å². The number of rotatable bonds is 8. The highest BCUT2D eigenvalue weighted by atomic mass is 14.2. The summed E-state index contributed by atoms with van der Waals surface area (Å²) in [4.78, 5) is 0. The Morgan fingerprint density at radius 2 is 0.789 bits per heavy atom. The molecule has 6 aromatic carbocycles. The summed E-state index contributed by atoms with van der Waals surface area (Å²) in [5.74, 6) is 0. The molecule has 0 spiro atoms. The fourth-order valence-electron chi connectivity index (χ4n) is 5.80. The molecule has 186 valence electrons. The van der Waals surface area contributed by atoms with Crippen LogP contribution in [0.3, 0.4) is 0 Å². The van der Waals surface area contributed by atoms with Gasteiger partial charge < -0.3 is 0 Å². The third-order valence-electron chi connectivity index (χ3n) is 7.77. The minimum absolute atomic E-state index is 1.17. The molecule has 6 aromatic rings. The summed E-state index contributed by atoms with van der Waals surface area (Å²) in [5, 5.41) is 5.22. The summed E-state index contributed by atoms with van der Waals surface area (Å²) in [5.41, 5.74) is 9.12. The lowest BCUT2D eigenvalue weighted by Crippen LogP contribution is -1.91. The quantitative estimate of drug-likeness (QED) is 0.147. The van der Waals surface area contributed by atoms with Gasteiger partial charge in [-0.2, -0.15) is 0 Å². The Morgan fingerprint density at radius 3 is 1.29 bits per heavy atom. The Labute approximate surface area is 226 Å². The van der Waals surface area contributed by atoms with Crippen molar-refractivity contribution >= 4 is 21.5 Å². The SMILES string of the molecule is CCCCCCc1ccc(-c2c3ccccc3c(-c3ccc(-c4ccccc4)cc3)c3ccccc23)cc1. The molecule has 0 atom stereocenters. The Bertz CT molecular complexity index is 1600. The maximum absolute atomic E-state index is 2.33. The van der Waals surface area contributed by atoms with Gasteiger partial charge in [0.15, 0.2) is 0 Å². The number of aryl methyl sites for hydroxylation is 1. The summed E-state index contributed by atoms with van der Waals surface area (Å²) >= 11 is 0. The van der Waals surface area contributed by atoms with Crippen molar-refractivity contribution < 1.29 is 0 Å². The molecule has 0 heteroatoms. The van der Waals surface area contributed by atoms with Crippen molar-refractivity contribution in [2.75, 3.05) is 0 Å². The molecule has 0 heterocycles. The standard InChI is InChI=1S/C38H34/c1-2-3-4-6-13-28-20-22-31(23-21-28)37-33-16-9-11-18-35(33)38(36-19-12-10-17-34(36)37)32-26-24-30(25-27-32)29-14-7-5-8-15-29/h5,7-12,14-27H,2-4,6,13H2,1H3. The van der Waals surface area contributed by atoms with Crippen LogP contribution in [0.25, 0.3) is 54.9 Å². The third-order valence-corrected chi connectivity index (χ3v) is 7.77. The molecular weight excluding hydrogens is 456 g/mol. The number of fused-ring (bicyclic) bond motifs is 2. The van der Waals surface area contributed by atoms with Crippen LogP contribution in [0.4, 0.5) is 0 Å². The van der Waals surface area contributed by atoms with Gasteiger partial charge in [0.1, 0.15) is 0 Å². The van der Waals surface area contributed by atoms with E-state index in [4.69, 9.17) is 0 Å². The van der Waals surface area contributed by atoms with Crippen molar-refractivity contribution in [1.29, 1.82) is 0 Å². The van der Waals surface area contributed by atoms with Gasteiger partial charge in [0.2, 0.25) is 0 Å². The molecule has 0 fully saturated rings. The first-order chi connectivity index (χ1) is 18.8. The fraction of sp³-hybridized carbons (Fsp3) is 0.158. The van der Waals surface area contributed by atoms with E-state index in [1.54, 1.807) is 0 Å². The van der Waals surface area contributed by atoms with E-state index < -0.39 is 0 Å². The van der Waals surface area contributed by atoms with E-state index in [1.807, 2.05) is 0 Å². The van der Waals surface area contributed by atoms with Crippen LogP contribution in [0, 0.1) is 0 Å². The molecule has 0 aliphatic rings. The first kappa shape index (κ1) is 24.2. The van der Waals surface area contributed by atoms with Crippen LogP contribution in [0.2, 0.25) is 0 Å². The fourth-order valence-corrected chi connectivity index (χ4v) is 5.80. The van der Waals surface area contributed by atoms with Crippen molar-refractivity contribution in [3.05, 3.63) is 133 Å². The van der Waals surface area contributed by atoms with Crippen molar-refractivity contribution in [3.8, 4) is 33.4 Å². The first-order valence-electron chi connectivity index (χ1n) is 14.0. The third kappa shape index (κ3) is 4.75. The number of hydrogen-bond acceptors (Lipinski definition) is 0. The van der Waals surface area contributed by atoms with Gasteiger partial charge in [-0.05, 0) is 73.3 Å². The Hall–Kier alpha value is -4.16. The van der Waals surface area contributed by atoms with E-state index in [0.29, 0.717) is 0 Å². The maximum Gasteiger partial charge on any atom is -0.00264 e. The summed E-state index contributed by atoms with van der Waals surface area (Å²) < 4.78 is 0. The molecule has 0 unspecified atom stereocenters. The van der Waals surface area contributed by atoms with Crippen LogP contribution >= 0.6 is 0 Å². The van der Waals surface area contributed by atoms with E-state index in [1.165, 1.54) is 92.6 Å². The molecule has 0 nitrogen and oxygen atoms in total. The van der Waals surface area contributed by atoms with Gasteiger partial charge in [-0.3, -0.25) is 0 Å². The Kier molecular flexibility index (Phi) is 7.05. The van der Waals surface area contributed by atoms with Gasteiger partial charge in [-0.1, -0.05) is 154 Å². The number of unbranched alkanes of at least 4 members (excludes halogenated alkanes) is 3. The lowest BCUT2D eigenvalue weighted by molar-refractivity contribution is 0.667. The van der Waals surface area contributed by atoms with Gasteiger partial charge in [0.05, 0.1) is 0 Å². The second-order valence-corrected chi connectivity index (χ2v) is 10.3. The average Bonchev–Trinajstić information content (AvgIpc) is 2.99. The van der Waals surface area contributed by atoms with Gasteiger partial charge >= 0.3 is 0 Å². The van der Waals surface area contributed by atoms with Gasteiger partial charge in [-0.25, -0.2) is 0 Å². The number of hydrogen-bond donors (Lipinski definition) is 0. The average molecular weight is 491 g/mol. The van der Waals surface area contributed by atoms with Crippen LogP contribution in [-0.2, 0) is 6.42 Å². The van der Waals surface area contributed by atoms with Crippen LogP contribution in [0.5, 0.6) is 0 Å². The summed E-state index contributed by atoms with van der Waals surface area (Å²) in [6.07, 6.45) is 6.38. The molecule has 0 aliphatic heterocycles. The maximum atomic E-state index is 2.33. The molecule has 6 rings (SSSR count). The highest BCUT2D eigenvalue weighted by molar-refractivity contribution is 6.21. The predicted octanol–water partition coefficient (Wildman–Crippen LogP) is 11.1. The van der Waals surface area contributed by atoms with E-state index in [-0.39, 0.29) is 0 Å². The molecule has 0 aliphatic carbocycles. The van der Waals surface area contributed by atoms with Crippen LogP contribution in [0.15, 0.2) is 127 Å². The van der Waals surface area contributed by atoms with Crippen LogP contribution in [-0.4, -0.2) is 0 Å². The molecule has 38 heavy (non-hydrogen) atoms. The molecule has 0 aromatic heterocycles. The van der Waals surface area contributed by atoms with Crippen molar-refractivity contribution in [1.82, 2.24) is 0 Å². The van der Waals surface area contributed by atoms with Crippen molar-refractivity contribution in [2.45, 2.75) is 39.0 Å². The van der Waals surface area contributed by atoms with E-state index in [2.05, 4.69) is 134 Å². The second-order valence-electron chi connectivity index (χ2n) is 10.3. The molecule has 0 N–H and O–H groups in total. The minimum Gasteiger partial charge on any atom is -0.0654 e. The summed E-state index contributed by atoms with van der Waals surface area (Å²) in [6.45, 7) is 2.27. The highest BCUT2D eigenvalue weighted by Crippen LogP contribution is 2.43. The van der Waals surface area contributed by atoms with E-state index in [9.17, 15) is 0 Å². The van der Waals surface area contributed by atoms with Crippen LogP contribution in [0.1, 0.15) is 38.2 Å². The zero-order valence-corrected chi connectivity index (χ0v) is 22.2. The summed E-state index contributed by atoms with van der Waals surface area (Å²) in [7, 11) is 0. The largest absolute Gasteiger partial charge is 0.0654 e. The first-order valence-corrected chi connectivity index (χ1v) is 14.0. The van der Waals surface area contributed by atoms with Gasteiger partial charge in [0, 0.05) is 0 Å². The second kappa shape index (κ2) is 11.1. The highest BCUT2D eigenvalue weighted by Gasteiger charge is 2.16. The van der Waals surface area contributed by atoms with Crippen molar-refractivity contribution in [2.24, 2.45) is 0 Å². The molecule has 0 saturated carbocycles. The summed E-state index contributed by atoms with van der Waals surface area (Å²) in [6, 6.07) is 46.8.